The highest BCUT2D eigenvalue weighted by Crippen LogP contribution is 2.43. The maximum Gasteiger partial charge on any atom is 0.335 e. The molecule has 3 aromatic carbocycles. The van der Waals surface area contributed by atoms with E-state index in [1.54, 1.807) is 0 Å². The monoisotopic (exact) mass is 627 g/mol. The summed E-state index contributed by atoms with van der Waals surface area (Å²) in [7, 11) is 1.25. The van der Waals surface area contributed by atoms with Gasteiger partial charge < -0.3 is 9.47 Å². The van der Waals surface area contributed by atoms with Gasteiger partial charge in [-0.25, -0.2) is 9.69 Å². The molecule has 0 spiro atoms. The fourth-order valence-corrected chi connectivity index (χ4v) is 4.20. The number of nitrogens with one attached hydrogen (secondary N) is 1. The van der Waals surface area contributed by atoms with Gasteiger partial charge in [0.2, 0.25) is 5.75 Å². The Morgan fingerprint density at radius 1 is 0.854 bits per heavy atom. The molecular weight excluding hydrogens is 614 g/mol. The summed E-state index contributed by atoms with van der Waals surface area (Å²) in [6, 6.07) is 8.99. The molecule has 4 rings (SSSR count). The Labute approximate surface area is 236 Å². The van der Waals surface area contributed by atoms with Crippen molar-refractivity contribution >= 4 is 62.6 Å². The lowest BCUT2D eigenvalue weighted by molar-refractivity contribution is -0.394. The summed E-state index contributed by atoms with van der Waals surface area (Å²) in [5, 5.41) is 35.4. The van der Waals surface area contributed by atoms with Crippen LogP contribution in [-0.4, -0.2) is 39.7 Å². The molecule has 17 heteroatoms. The number of amides is 4. The predicted molar refractivity (Wildman–Crippen MR) is 143 cm³/mol. The maximum atomic E-state index is 13.2. The second kappa shape index (κ2) is 11.2. The molecule has 16 nitrogen and oxygen atoms in total. The first-order valence-electron chi connectivity index (χ1n) is 11.1. The number of halogens is 1. The van der Waals surface area contributed by atoms with Crippen molar-refractivity contribution in [3.8, 4) is 17.2 Å². The third kappa shape index (κ3) is 5.69. The highest BCUT2D eigenvalue weighted by molar-refractivity contribution is 9.10. The summed E-state index contributed by atoms with van der Waals surface area (Å²) >= 11 is 3.25. The van der Waals surface area contributed by atoms with Crippen LogP contribution in [0.3, 0.4) is 0 Å². The van der Waals surface area contributed by atoms with E-state index in [9.17, 15) is 44.7 Å². The van der Waals surface area contributed by atoms with Crippen molar-refractivity contribution in [3.05, 3.63) is 101 Å². The number of benzene rings is 3. The zero-order chi connectivity index (χ0) is 30.0. The maximum absolute atomic E-state index is 13.2. The number of barbiturate groups is 1. The fourth-order valence-electron chi connectivity index (χ4n) is 3.66. The lowest BCUT2D eigenvalue weighted by atomic mass is 10.1. The SMILES string of the molecule is COc1cc(/C=C2\C(=O)NC(=O)N(c3ccc([N+](=O)[O-])cc3)C2=O)cc(Br)c1Oc1ccc([N+](=O)[O-])cc1[N+](=O)[O-]. The van der Waals surface area contributed by atoms with Crippen LogP contribution >= 0.6 is 15.9 Å². The van der Waals surface area contributed by atoms with Crippen LogP contribution in [0.2, 0.25) is 0 Å². The van der Waals surface area contributed by atoms with Gasteiger partial charge in [-0.05, 0) is 57.9 Å². The number of nitro groups is 3. The van der Waals surface area contributed by atoms with Crippen molar-refractivity contribution < 1.29 is 38.6 Å². The van der Waals surface area contributed by atoms with Crippen molar-refractivity contribution in [2.45, 2.75) is 0 Å². The summed E-state index contributed by atoms with van der Waals surface area (Å²) in [4.78, 5) is 69.9. The van der Waals surface area contributed by atoms with Gasteiger partial charge in [-0.1, -0.05) is 0 Å². The van der Waals surface area contributed by atoms with Crippen LogP contribution in [0.4, 0.5) is 27.5 Å². The molecule has 0 saturated carbocycles. The van der Waals surface area contributed by atoms with Gasteiger partial charge >= 0.3 is 11.7 Å². The van der Waals surface area contributed by atoms with Crippen molar-refractivity contribution in [1.82, 2.24) is 5.32 Å². The summed E-state index contributed by atoms with van der Waals surface area (Å²) < 4.78 is 11.1. The van der Waals surface area contributed by atoms with Crippen LogP contribution < -0.4 is 19.7 Å². The Morgan fingerprint density at radius 2 is 1.49 bits per heavy atom. The molecule has 41 heavy (non-hydrogen) atoms. The number of carbonyl (C=O) groups is 3. The standard InChI is InChI=1S/C24H14BrN5O11/c1-40-20-10-12(9-17(25)21(20)41-19-7-6-15(29(36)37)11-18(19)30(38)39)8-16-22(31)26-24(33)27(23(16)32)13-2-4-14(5-3-13)28(34)35/h2-11H,1H3,(H,26,31,33)/b16-8+. The smallest absolute Gasteiger partial charge is 0.335 e. The summed E-state index contributed by atoms with van der Waals surface area (Å²) in [6.07, 6.45) is 1.15. The van der Waals surface area contributed by atoms with Crippen LogP contribution in [0.15, 0.2) is 64.6 Å². The molecule has 0 aliphatic carbocycles. The highest BCUT2D eigenvalue weighted by Gasteiger charge is 2.37. The number of hydrogen-bond acceptors (Lipinski definition) is 11. The Hall–Kier alpha value is -5.71. The molecule has 0 aromatic heterocycles. The lowest BCUT2D eigenvalue weighted by Gasteiger charge is -2.26. The second-order valence-corrected chi connectivity index (χ2v) is 8.89. The minimum atomic E-state index is -1.06. The Kier molecular flexibility index (Phi) is 7.72. The number of non-ortho nitro benzene ring substituents is 2. The summed E-state index contributed by atoms with van der Waals surface area (Å²) in [6.45, 7) is 0. The third-order valence-corrected chi connectivity index (χ3v) is 6.13. The van der Waals surface area contributed by atoms with E-state index in [0.29, 0.717) is 4.90 Å². The Balaban J connectivity index is 1.70. The van der Waals surface area contributed by atoms with E-state index in [1.165, 1.54) is 31.4 Å². The van der Waals surface area contributed by atoms with Crippen LogP contribution in [0.5, 0.6) is 17.2 Å². The molecule has 1 N–H and O–H groups in total. The molecule has 1 aliphatic rings. The van der Waals surface area contributed by atoms with Crippen molar-refractivity contribution in [3.63, 3.8) is 0 Å². The molecule has 1 fully saturated rings. The van der Waals surface area contributed by atoms with Gasteiger partial charge in [0.15, 0.2) is 11.5 Å². The minimum Gasteiger partial charge on any atom is -0.493 e. The zero-order valence-electron chi connectivity index (χ0n) is 20.4. The number of methoxy groups -OCH3 is 1. The largest absolute Gasteiger partial charge is 0.493 e. The third-order valence-electron chi connectivity index (χ3n) is 5.55. The van der Waals surface area contributed by atoms with Gasteiger partial charge in [0.25, 0.3) is 23.2 Å². The van der Waals surface area contributed by atoms with E-state index in [4.69, 9.17) is 9.47 Å². The number of imide groups is 2. The molecular formula is C24H14BrN5O11. The number of nitro benzene ring substituents is 3. The van der Waals surface area contributed by atoms with Gasteiger partial charge in [-0.3, -0.25) is 45.2 Å². The molecule has 4 amide bonds. The van der Waals surface area contributed by atoms with E-state index < -0.39 is 49.6 Å². The van der Waals surface area contributed by atoms with Crippen LogP contribution in [0, 0.1) is 30.3 Å². The topological polar surface area (TPSA) is 214 Å². The van der Waals surface area contributed by atoms with Crippen molar-refractivity contribution in [2.24, 2.45) is 0 Å². The fraction of sp³-hybridized carbons (Fsp3) is 0.0417. The van der Waals surface area contributed by atoms with E-state index in [2.05, 4.69) is 15.9 Å². The minimum absolute atomic E-state index is 0.00848. The van der Waals surface area contributed by atoms with Crippen LogP contribution in [0.25, 0.3) is 6.08 Å². The van der Waals surface area contributed by atoms with Gasteiger partial charge in [-0.15, -0.1) is 0 Å². The lowest BCUT2D eigenvalue weighted by Crippen LogP contribution is -2.54. The normalized spacial score (nSPS) is 14.0. The first-order valence-corrected chi connectivity index (χ1v) is 11.8. The molecule has 1 saturated heterocycles. The van der Waals surface area contributed by atoms with E-state index in [1.807, 2.05) is 5.32 Å². The van der Waals surface area contributed by atoms with E-state index in [0.717, 1.165) is 36.4 Å². The number of urea groups is 1. The van der Waals surface area contributed by atoms with Crippen molar-refractivity contribution in [1.29, 1.82) is 0 Å². The van der Waals surface area contributed by atoms with Gasteiger partial charge in [-0.2, -0.15) is 0 Å². The molecule has 3 aromatic rings. The molecule has 1 aliphatic heterocycles. The number of ether oxygens (including phenoxy) is 2. The summed E-state index contributed by atoms with van der Waals surface area (Å²) in [5.74, 6) is -2.41. The van der Waals surface area contributed by atoms with E-state index >= 15 is 0 Å². The van der Waals surface area contributed by atoms with E-state index in [-0.39, 0.29) is 38.7 Å². The highest BCUT2D eigenvalue weighted by atomic mass is 79.9. The first kappa shape index (κ1) is 28.3. The van der Waals surface area contributed by atoms with Gasteiger partial charge in [0.05, 0.1) is 38.1 Å². The quantitative estimate of drug-likeness (QED) is 0.157. The first-order chi connectivity index (χ1) is 19.4. The van der Waals surface area contributed by atoms with Crippen molar-refractivity contribution in [2.75, 3.05) is 12.0 Å². The number of carbonyl (C=O) groups excluding carboxylic acids is 3. The average Bonchev–Trinajstić information content (AvgIpc) is 2.92. The average molecular weight is 628 g/mol. The Morgan fingerprint density at radius 3 is 2.07 bits per heavy atom. The predicted octanol–water partition coefficient (Wildman–Crippen LogP) is 4.64. The Bertz CT molecular complexity index is 1690. The number of hydrogen-bond donors (Lipinski definition) is 1. The molecule has 0 radical (unpaired) electrons. The summed E-state index contributed by atoms with van der Waals surface area (Å²) in [5.41, 5.74) is -1.76. The molecule has 0 bridgehead atoms. The molecule has 1 heterocycles. The molecule has 0 unspecified atom stereocenters. The zero-order valence-corrected chi connectivity index (χ0v) is 22.0. The van der Waals surface area contributed by atoms with Gasteiger partial charge in [0, 0.05) is 18.2 Å². The number of anilines is 1. The van der Waals surface area contributed by atoms with Crippen LogP contribution in [-0.2, 0) is 9.59 Å². The number of nitrogens with zero attached hydrogens (tertiary/aromatic N) is 4. The molecule has 0 atom stereocenters. The molecule has 208 valence electrons. The van der Waals surface area contributed by atoms with Gasteiger partial charge in [0.1, 0.15) is 5.57 Å². The second-order valence-electron chi connectivity index (χ2n) is 8.03. The van der Waals surface area contributed by atoms with Crippen LogP contribution in [0.1, 0.15) is 5.56 Å². The number of rotatable bonds is 8.